The first-order valence-corrected chi connectivity index (χ1v) is 14.6. The van der Waals surface area contributed by atoms with Crippen molar-refractivity contribution >= 4 is 22.5 Å². The molecular weight excluding hydrogens is 530 g/mol. The Morgan fingerprint density at radius 1 is 1.17 bits per heavy atom. The molecule has 1 N–H and O–H groups in total. The van der Waals surface area contributed by atoms with E-state index in [1.807, 2.05) is 24.3 Å². The quantitative estimate of drug-likeness (QED) is 0.410. The normalized spacial score (nSPS) is 21.0. The lowest BCUT2D eigenvalue weighted by Gasteiger charge is -2.41. The molecule has 3 aliphatic rings. The number of likely N-dealkylation sites (N-methyl/N-ethyl adjacent to an activating group) is 1. The first-order valence-electron chi connectivity index (χ1n) is 14.6. The number of amides is 1. The van der Waals surface area contributed by atoms with Gasteiger partial charge in [0.25, 0.3) is 0 Å². The third-order valence-corrected chi connectivity index (χ3v) is 8.85. The monoisotopic (exact) mass is 567 g/mol. The third-order valence-electron chi connectivity index (χ3n) is 8.85. The Hall–Kier alpha value is -4.20. The van der Waals surface area contributed by atoms with E-state index in [9.17, 15) is 15.2 Å². The number of nitriles is 1. The van der Waals surface area contributed by atoms with Crippen molar-refractivity contribution < 1.29 is 14.6 Å². The molecule has 0 radical (unpaired) electrons. The van der Waals surface area contributed by atoms with Crippen LogP contribution in [0.3, 0.4) is 0 Å². The van der Waals surface area contributed by atoms with Crippen molar-refractivity contribution in [3.05, 3.63) is 65.9 Å². The van der Waals surface area contributed by atoms with Gasteiger partial charge < -0.3 is 24.5 Å². The molecule has 1 aromatic heterocycles. The van der Waals surface area contributed by atoms with Crippen LogP contribution in [0.15, 0.2) is 49.1 Å². The van der Waals surface area contributed by atoms with Gasteiger partial charge in [-0.1, -0.05) is 36.9 Å². The van der Waals surface area contributed by atoms with E-state index in [0.29, 0.717) is 57.9 Å². The Bertz CT molecular complexity index is 1540. The van der Waals surface area contributed by atoms with Crippen LogP contribution >= 0.6 is 0 Å². The maximum atomic E-state index is 12.5. The molecule has 0 saturated carbocycles. The Balaban J connectivity index is 1.29. The Morgan fingerprint density at radius 2 is 2.02 bits per heavy atom. The molecule has 2 fully saturated rings. The highest BCUT2D eigenvalue weighted by atomic mass is 16.5. The minimum atomic E-state index is -0.262. The number of carbonyl (C=O) groups excluding carboxylic acids is 1. The molecule has 1 amide bonds. The van der Waals surface area contributed by atoms with Crippen LogP contribution in [0.5, 0.6) is 11.8 Å². The van der Waals surface area contributed by atoms with Crippen molar-refractivity contribution in [1.82, 2.24) is 24.7 Å². The minimum absolute atomic E-state index is 0.159. The Kier molecular flexibility index (Phi) is 7.96. The topological polar surface area (TPSA) is 109 Å². The summed E-state index contributed by atoms with van der Waals surface area (Å²) in [5, 5.41) is 22.4. The molecule has 218 valence electrons. The van der Waals surface area contributed by atoms with Crippen LogP contribution < -0.4 is 9.64 Å². The summed E-state index contributed by atoms with van der Waals surface area (Å²) in [5.74, 6) is 0.921. The van der Waals surface area contributed by atoms with Crippen LogP contribution in [-0.4, -0.2) is 87.6 Å². The number of likely N-dealkylation sites (tertiary alicyclic amines) is 1. The number of ether oxygens (including phenoxy) is 1. The van der Waals surface area contributed by atoms with E-state index >= 15 is 0 Å². The molecular formula is C32H37N7O3. The number of phenolic OH excluding ortho intramolecular Hbond substituents is 1. The van der Waals surface area contributed by atoms with Crippen molar-refractivity contribution in [3.63, 3.8) is 0 Å². The van der Waals surface area contributed by atoms with Crippen molar-refractivity contribution in [2.75, 3.05) is 44.7 Å². The summed E-state index contributed by atoms with van der Waals surface area (Å²) in [6.45, 7) is 8.57. The predicted molar refractivity (Wildman–Crippen MR) is 160 cm³/mol. The predicted octanol–water partition coefficient (Wildman–Crippen LogP) is 3.44. The molecule has 0 unspecified atom stereocenters. The zero-order valence-corrected chi connectivity index (χ0v) is 24.1. The molecule has 2 saturated heterocycles. The fourth-order valence-electron chi connectivity index (χ4n) is 6.53. The molecule has 0 bridgehead atoms. The molecule has 3 aromatic rings. The largest absolute Gasteiger partial charge is 0.508 e. The van der Waals surface area contributed by atoms with Gasteiger partial charge in [0, 0.05) is 56.4 Å². The van der Waals surface area contributed by atoms with Gasteiger partial charge in [-0.25, -0.2) is 0 Å². The van der Waals surface area contributed by atoms with Crippen LogP contribution in [0.1, 0.15) is 36.1 Å². The van der Waals surface area contributed by atoms with E-state index in [4.69, 9.17) is 14.7 Å². The highest BCUT2D eigenvalue weighted by molar-refractivity contribution is 5.88. The number of aromatic nitrogens is 2. The molecule has 2 aromatic carbocycles. The number of anilines is 1. The zero-order valence-electron chi connectivity index (χ0n) is 24.1. The van der Waals surface area contributed by atoms with Crippen molar-refractivity contribution in [1.29, 1.82) is 5.26 Å². The van der Waals surface area contributed by atoms with Gasteiger partial charge in [0.1, 0.15) is 18.2 Å². The summed E-state index contributed by atoms with van der Waals surface area (Å²) < 4.78 is 6.22. The van der Waals surface area contributed by atoms with Crippen LogP contribution in [-0.2, 0) is 24.4 Å². The lowest BCUT2D eigenvalue weighted by Crippen LogP contribution is -2.55. The molecule has 4 heterocycles. The highest BCUT2D eigenvalue weighted by Crippen LogP contribution is 2.36. The maximum Gasteiger partial charge on any atom is 0.318 e. The molecule has 6 rings (SSSR count). The van der Waals surface area contributed by atoms with Crippen LogP contribution in [0.2, 0.25) is 0 Å². The zero-order chi connectivity index (χ0) is 29.2. The van der Waals surface area contributed by atoms with Gasteiger partial charge >= 0.3 is 6.01 Å². The number of rotatable bonds is 8. The lowest BCUT2D eigenvalue weighted by atomic mass is 10.0. The van der Waals surface area contributed by atoms with Crippen LogP contribution in [0.25, 0.3) is 10.8 Å². The fraction of sp³-hybridized carbons (Fsp3) is 0.438. The Labute approximate surface area is 246 Å². The van der Waals surface area contributed by atoms with Gasteiger partial charge in [0.2, 0.25) is 5.91 Å². The first kappa shape index (κ1) is 27.9. The number of piperazine rings is 1. The van der Waals surface area contributed by atoms with Gasteiger partial charge in [0.05, 0.1) is 24.2 Å². The average molecular weight is 568 g/mol. The number of phenols is 1. The second kappa shape index (κ2) is 12.0. The molecule has 0 spiro atoms. The van der Waals surface area contributed by atoms with E-state index in [-0.39, 0.29) is 24.1 Å². The van der Waals surface area contributed by atoms with E-state index in [1.165, 1.54) is 6.08 Å². The number of aromatic hydroxyl groups is 1. The van der Waals surface area contributed by atoms with E-state index in [0.717, 1.165) is 52.8 Å². The van der Waals surface area contributed by atoms with E-state index in [1.54, 1.807) is 11.0 Å². The first-order chi connectivity index (χ1) is 20.4. The van der Waals surface area contributed by atoms with Crippen molar-refractivity contribution in [3.8, 4) is 17.8 Å². The number of nitrogens with zero attached hydrogens (tertiary/aromatic N) is 7. The summed E-state index contributed by atoms with van der Waals surface area (Å²) >= 11 is 0. The number of hydrogen-bond donors (Lipinski definition) is 1. The third kappa shape index (κ3) is 5.50. The highest BCUT2D eigenvalue weighted by Gasteiger charge is 2.34. The van der Waals surface area contributed by atoms with Gasteiger partial charge in [-0.05, 0) is 49.3 Å². The Morgan fingerprint density at radius 3 is 2.81 bits per heavy atom. The van der Waals surface area contributed by atoms with Crippen LogP contribution in [0.4, 0.5) is 5.82 Å². The molecule has 3 aliphatic heterocycles. The minimum Gasteiger partial charge on any atom is -0.508 e. The molecule has 2 atom stereocenters. The summed E-state index contributed by atoms with van der Waals surface area (Å²) in [7, 11) is 2.12. The molecule has 10 nitrogen and oxygen atoms in total. The standard InChI is InChI=1S/C32H37N7O3/c1-3-30(41)39-16-15-38(17-23(39)12-13-33)31-27-19-37(18-26-25-9-5-4-7-22(25)10-11-29(26)40)20-28(27)34-32(35-31)42-21-24-8-6-14-36(24)2/h3-5,7,9-11,23-24,40H,1,6,8,12,14-21H2,2H3/t23-,24-/m0/s1. The van der Waals surface area contributed by atoms with Crippen molar-refractivity contribution in [2.24, 2.45) is 0 Å². The SMILES string of the molecule is C=CC(=O)N1CCN(c2nc(OC[C@@H]3CCCN3C)nc3c2CN(Cc2c(O)ccc4ccccc24)C3)C[C@@H]1CC#N. The van der Waals surface area contributed by atoms with Gasteiger partial charge in [-0.15, -0.1) is 0 Å². The number of benzene rings is 2. The second-order valence-corrected chi connectivity index (χ2v) is 11.5. The van der Waals surface area contributed by atoms with Gasteiger partial charge in [0.15, 0.2) is 0 Å². The lowest BCUT2D eigenvalue weighted by molar-refractivity contribution is -0.128. The second-order valence-electron chi connectivity index (χ2n) is 11.5. The van der Waals surface area contributed by atoms with Crippen LogP contribution in [0, 0.1) is 11.3 Å². The number of hydrogen-bond acceptors (Lipinski definition) is 9. The molecule has 10 heteroatoms. The average Bonchev–Trinajstić information content (AvgIpc) is 3.61. The number of carbonyl (C=O) groups is 1. The summed E-state index contributed by atoms with van der Waals surface area (Å²) in [6, 6.07) is 14.5. The van der Waals surface area contributed by atoms with E-state index in [2.05, 4.69) is 40.5 Å². The van der Waals surface area contributed by atoms with E-state index < -0.39 is 0 Å². The maximum absolute atomic E-state index is 12.5. The fourth-order valence-corrected chi connectivity index (χ4v) is 6.53. The van der Waals surface area contributed by atoms with Crippen molar-refractivity contribution in [2.45, 2.75) is 51.0 Å². The molecule has 0 aliphatic carbocycles. The summed E-state index contributed by atoms with van der Waals surface area (Å²) in [4.78, 5) is 30.8. The number of fused-ring (bicyclic) bond motifs is 2. The summed E-state index contributed by atoms with van der Waals surface area (Å²) in [5.41, 5.74) is 2.83. The molecule has 42 heavy (non-hydrogen) atoms. The van der Waals surface area contributed by atoms with Gasteiger partial charge in [-0.3, -0.25) is 9.69 Å². The smallest absolute Gasteiger partial charge is 0.318 e. The summed E-state index contributed by atoms with van der Waals surface area (Å²) in [6.07, 6.45) is 3.79. The van der Waals surface area contributed by atoms with Gasteiger partial charge in [-0.2, -0.15) is 15.2 Å².